The molecule has 0 N–H and O–H groups in total. The van der Waals surface area contributed by atoms with Crippen molar-refractivity contribution in [3.05, 3.63) is 45.9 Å². The second-order valence-electron chi connectivity index (χ2n) is 3.71. The van der Waals surface area contributed by atoms with Crippen LogP contribution in [-0.4, -0.2) is 24.5 Å². The minimum absolute atomic E-state index is 0. The number of allylic oxidation sites excluding steroid dienone is 2. The number of ketones is 2. The number of hydrogen-bond acceptors (Lipinski definition) is 5. The van der Waals surface area contributed by atoms with Crippen LogP contribution in [0.2, 0.25) is 0 Å². The van der Waals surface area contributed by atoms with Crippen LogP contribution >= 0.6 is 0 Å². The summed E-state index contributed by atoms with van der Waals surface area (Å²) in [4.78, 5) is 22.3. The maximum atomic E-state index is 11.7. The van der Waals surface area contributed by atoms with Gasteiger partial charge in [0, 0.05) is 17.2 Å². The zero-order chi connectivity index (χ0) is 12.8. The maximum absolute atomic E-state index is 11.7. The van der Waals surface area contributed by atoms with E-state index in [1.807, 2.05) is 0 Å². The van der Waals surface area contributed by atoms with Gasteiger partial charge in [0.15, 0.2) is 5.78 Å². The Hall–Kier alpha value is -0.154. The van der Waals surface area contributed by atoms with Crippen molar-refractivity contribution in [2.75, 3.05) is 0 Å². The van der Waals surface area contributed by atoms with Crippen LogP contribution in [0, 0.1) is 6.92 Å². The molecule has 0 amide bonds. The van der Waals surface area contributed by atoms with Crippen molar-refractivity contribution >= 4 is 21.7 Å². The van der Waals surface area contributed by atoms with Gasteiger partial charge >= 0.3 is 51.4 Å². The fourth-order valence-electron chi connectivity index (χ4n) is 1.64. The standard InChI is InChI=1S/C11H8O5S.K/c1-6-2-3-7-8(4-6)9(12)5-10(11(7)13)17(14,15)16;/h2-5H,1H3,(H,14,15,16);/q;+1/p-1. The molecule has 1 aliphatic rings. The molecule has 0 spiro atoms. The molecule has 88 valence electrons. The van der Waals surface area contributed by atoms with Crippen LogP contribution in [0.1, 0.15) is 26.3 Å². The van der Waals surface area contributed by atoms with Crippen LogP contribution in [-0.2, 0) is 10.1 Å². The molecule has 0 saturated heterocycles. The second-order valence-corrected chi connectivity index (χ2v) is 5.05. The van der Waals surface area contributed by atoms with Gasteiger partial charge in [-0.1, -0.05) is 17.7 Å². The number of rotatable bonds is 1. The molecule has 0 aromatic heterocycles. The molecule has 1 aliphatic carbocycles. The summed E-state index contributed by atoms with van der Waals surface area (Å²) >= 11 is 0. The number of Topliss-reactive ketones (excluding diaryl/α,β-unsaturated/α-hetero) is 1. The molecule has 0 aliphatic heterocycles. The summed E-state index contributed by atoms with van der Waals surface area (Å²) in [6, 6.07) is 4.41. The summed E-state index contributed by atoms with van der Waals surface area (Å²) < 4.78 is 32.5. The van der Waals surface area contributed by atoms with Crippen LogP contribution in [0.3, 0.4) is 0 Å². The van der Waals surface area contributed by atoms with Crippen molar-refractivity contribution in [3.8, 4) is 0 Å². The van der Waals surface area contributed by atoms with Gasteiger partial charge in [0.25, 0.3) is 0 Å². The Bertz CT molecular complexity index is 673. The molecule has 0 saturated carbocycles. The van der Waals surface area contributed by atoms with Gasteiger partial charge in [-0.3, -0.25) is 9.59 Å². The average molecular weight is 290 g/mol. The van der Waals surface area contributed by atoms with Crippen molar-refractivity contribution in [3.63, 3.8) is 0 Å². The quantitative estimate of drug-likeness (QED) is 0.433. The SMILES string of the molecule is Cc1ccc2c(c1)C(=O)C=C(S(=O)(=O)[O-])C2=O.[K+]. The zero-order valence-corrected chi connectivity index (χ0v) is 13.7. The summed E-state index contributed by atoms with van der Waals surface area (Å²) in [7, 11) is -4.92. The van der Waals surface area contributed by atoms with E-state index in [4.69, 9.17) is 0 Å². The monoisotopic (exact) mass is 290 g/mol. The Morgan fingerprint density at radius 2 is 1.72 bits per heavy atom. The van der Waals surface area contributed by atoms with Crippen molar-refractivity contribution in [2.24, 2.45) is 0 Å². The van der Waals surface area contributed by atoms with E-state index in [2.05, 4.69) is 0 Å². The predicted molar refractivity (Wildman–Crippen MR) is 57.6 cm³/mol. The molecular formula is C11H7KO5S. The molecule has 0 heterocycles. The number of hydrogen-bond donors (Lipinski definition) is 0. The molecule has 0 fully saturated rings. The van der Waals surface area contributed by atoms with Crippen molar-refractivity contribution in [2.45, 2.75) is 6.92 Å². The average Bonchev–Trinajstić information content (AvgIpc) is 2.21. The molecule has 0 atom stereocenters. The van der Waals surface area contributed by atoms with E-state index in [1.165, 1.54) is 12.1 Å². The smallest absolute Gasteiger partial charge is 0.744 e. The third kappa shape index (κ3) is 2.88. The number of fused-ring (bicyclic) bond motifs is 1. The fraction of sp³-hybridized carbons (Fsp3) is 0.0909. The largest absolute Gasteiger partial charge is 1.00 e. The third-order valence-corrected chi connectivity index (χ3v) is 3.28. The number of aryl methyl sites for hydroxylation is 1. The molecule has 0 bridgehead atoms. The Labute approximate surface area is 146 Å². The summed E-state index contributed by atoms with van der Waals surface area (Å²) in [5.74, 6) is -1.56. The van der Waals surface area contributed by atoms with Crippen LogP contribution in [0.4, 0.5) is 0 Å². The van der Waals surface area contributed by atoms with E-state index in [0.717, 1.165) is 5.56 Å². The molecule has 1 aromatic carbocycles. The number of carbonyl (C=O) groups is 2. The number of benzene rings is 1. The van der Waals surface area contributed by atoms with E-state index in [0.29, 0.717) is 6.08 Å². The first kappa shape index (κ1) is 15.9. The van der Waals surface area contributed by atoms with E-state index >= 15 is 0 Å². The minimum atomic E-state index is -4.92. The van der Waals surface area contributed by atoms with Crippen molar-refractivity contribution in [1.29, 1.82) is 0 Å². The summed E-state index contributed by atoms with van der Waals surface area (Å²) in [5.41, 5.74) is 0.853. The molecular weight excluding hydrogens is 283 g/mol. The molecule has 0 unspecified atom stereocenters. The predicted octanol–water partition coefficient (Wildman–Crippen LogP) is -2.19. The Kier molecular flexibility index (Phi) is 4.82. The van der Waals surface area contributed by atoms with Gasteiger partial charge in [-0.05, 0) is 13.0 Å². The fourth-order valence-corrected chi connectivity index (χ4v) is 2.23. The van der Waals surface area contributed by atoms with Crippen molar-refractivity contribution in [1.82, 2.24) is 0 Å². The molecule has 2 rings (SSSR count). The number of carbonyl (C=O) groups excluding carboxylic acids is 2. The minimum Gasteiger partial charge on any atom is -0.744 e. The van der Waals surface area contributed by atoms with Crippen LogP contribution in [0.5, 0.6) is 0 Å². The normalized spacial score (nSPS) is 14.7. The first-order valence-corrected chi connectivity index (χ1v) is 6.09. The van der Waals surface area contributed by atoms with Gasteiger partial charge in [0.1, 0.15) is 15.0 Å². The van der Waals surface area contributed by atoms with Gasteiger partial charge in [0.2, 0.25) is 5.78 Å². The molecule has 1 aromatic rings. The Balaban J connectivity index is 0.00000162. The van der Waals surface area contributed by atoms with E-state index in [-0.39, 0.29) is 62.5 Å². The van der Waals surface area contributed by atoms with Gasteiger partial charge in [-0.2, -0.15) is 0 Å². The van der Waals surface area contributed by atoms with Crippen LogP contribution in [0.15, 0.2) is 29.2 Å². The van der Waals surface area contributed by atoms with Gasteiger partial charge in [-0.15, -0.1) is 0 Å². The summed E-state index contributed by atoms with van der Waals surface area (Å²) in [6.07, 6.45) is 0.590. The zero-order valence-electron chi connectivity index (χ0n) is 9.76. The van der Waals surface area contributed by atoms with Gasteiger partial charge in [-0.25, -0.2) is 8.42 Å². The molecule has 0 radical (unpaired) electrons. The molecule has 18 heavy (non-hydrogen) atoms. The summed E-state index contributed by atoms with van der Waals surface area (Å²) in [5, 5.41) is 0. The topological polar surface area (TPSA) is 91.3 Å². The second kappa shape index (κ2) is 5.46. The van der Waals surface area contributed by atoms with E-state index in [9.17, 15) is 22.6 Å². The molecule has 5 nitrogen and oxygen atoms in total. The van der Waals surface area contributed by atoms with Gasteiger partial charge < -0.3 is 4.55 Å². The first-order chi connectivity index (χ1) is 7.80. The van der Waals surface area contributed by atoms with Crippen molar-refractivity contribution < 1.29 is 73.9 Å². The van der Waals surface area contributed by atoms with E-state index < -0.39 is 26.6 Å². The maximum Gasteiger partial charge on any atom is 1.00 e. The van der Waals surface area contributed by atoms with E-state index in [1.54, 1.807) is 13.0 Å². The van der Waals surface area contributed by atoms with Crippen LogP contribution < -0.4 is 51.4 Å². The van der Waals surface area contributed by atoms with Gasteiger partial charge in [0.05, 0.1) is 0 Å². The molecule has 7 heteroatoms. The third-order valence-electron chi connectivity index (χ3n) is 2.44. The summed E-state index contributed by atoms with van der Waals surface area (Å²) in [6.45, 7) is 1.74. The Morgan fingerprint density at radius 1 is 1.11 bits per heavy atom. The van der Waals surface area contributed by atoms with Crippen LogP contribution in [0.25, 0.3) is 0 Å². The Morgan fingerprint density at radius 3 is 2.28 bits per heavy atom. The first-order valence-electron chi connectivity index (χ1n) is 4.68.